The number of aryl methyl sites for hydroxylation is 1. The molecule has 0 saturated carbocycles. The molecule has 0 radical (unpaired) electrons. The van der Waals surface area contributed by atoms with Gasteiger partial charge < -0.3 is 9.64 Å². The molecule has 0 aliphatic carbocycles. The fraction of sp³-hybridized carbons (Fsp3) is 0.450. The van der Waals surface area contributed by atoms with Crippen LogP contribution in [0.2, 0.25) is 0 Å². The molecule has 1 aromatic heterocycles. The summed E-state index contributed by atoms with van der Waals surface area (Å²) in [5.74, 6) is -0.303. The van der Waals surface area contributed by atoms with Crippen LogP contribution in [0.25, 0.3) is 0 Å². The van der Waals surface area contributed by atoms with Gasteiger partial charge in [0, 0.05) is 37.6 Å². The number of benzene rings is 1. The lowest BCUT2D eigenvalue weighted by molar-refractivity contribution is 0.0600. The number of rotatable bonds is 4. The van der Waals surface area contributed by atoms with Gasteiger partial charge in [-0.2, -0.15) is 0 Å². The van der Waals surface area contributed by atoms with E-state index in [-0.39, 0.29) is 12.0 Å². The van der Waals surface area contributed by atoms with Crippen LogP contribution < -0.4 is 4.90 Å². The molecule has 2 heterocycles. The van der Waals surface area contributed by atoms with Crippen LogP contribution in [-0.2, 0) is 4.74 Å². The highest BCUT2D eigenvalue weighted by Gasteiger charge is 2.28. The average molecular weight is 354 g/mol. The van der Waals surface area contributed by atoms with Gasteiger partial charge in [0.2, 0.25) is 0 Å². The number of hydrogen-bond donors (Lipinski definition) is 0. The van der Waals surface area contributed by atoms with Gasteiger partial charge in [-0.25, -0.2) is 4.79 Å². The fourth-order valence-corrected chi connectivity index (χ4v) is 3.50. The second-order valence-corrected chi connectivity index (χ2v) is 6.83. The van der Waals surface area contributed by atoms with Crippen molar-refractivity contribution in [2.45, 2.75) is 32.9 Å². The van der Waals surface area contributed by atoms with E-state index in [9.17, 15) is 4.79 Å². The van der Waals surface area contributed by atoms with Gasteiger partial charge in [-0.1, -0.05) is 0 Å². The molecule has 2 atom stereocenters. The largest absolute Gasteiger partial charge is 0.465 e. The molecular formula is C20H26N4O2. The maximum Gasteiger partial charge on any atom is 0.337 e. The molecule has 0 bridgehead atoms. The fourth-order valence-electron chi connectivity index (χ4n) is 3.50. The number of ether oxygens (including phenoxy) is 1. The summed E-state index contributed by atoms with van der Waals surface area (Å²) >= 11 is 0. The van der Waals surface area contributed by atoms with Crippen LogP contribution in [-0.4, -0.2) is 53.6 Å². The molecule has 26 heavy (non-hydrogen) atoms. The van der Waals surface area contributed by atoms with E-state index in [1.54, 1.807) is 0 Å². The van der Waals surface area contributed by atoms with Crippen LogP contribution in [0.3, 0.4) is 0 Å². The van der Waals surface area contributed by atoms with Crippen molar-refractivity contribution in [2.24, 2.45) is 0 Å². The van der Waals surface area contributed by atoms with Crippen molar-refractivity contribution >= 4 is 11.7 Å². The Bertz CT molecular complexity index is 745. The summed E-state index contributed by atoms with van der Waals surface area (Å²) < 4.78 is 4.76. The number of carbonyl (C=O) groups is 1. The number of aromatic nitrogens is 2. The second kappa shape index (κ2) is 7.83. The summed E-state index contributed by atoms with van der Waals surface area (Å²) in [4.78, 5) is 25.3. The monoisotopic (exact) mass is 354 g/mol. The van der Waals surface area contributed by atoms with Gasteiger partial charge in [-0.05, 0) is 45.0 Å². The third-order valence-corrected chi connectivity index (χ3v) is 5.06. The number of carbonyl (C=O) groups excluding carboxylic acids is 1. The third-order valence-electron chi connectivity index (χ3n) is 5.06. The highest BCUT2D eigenvalue weighted by molar-refractivity contribution is 5.89. The summed E-state index contributed by atoms with van der Waals surface area (Å²) in [7, 11) is 1.40. The Morgan fingerprint density at radius 1 is 1.19 bits per heavy atom. The van der Waals surface area contributed by atoms with Crippen molar-refractivity contribution in [3.05, 3.63) is 53.6 Å². The van der Waals surface area contributed by atoms with E-state index in [2.05, 4.69) is 33.6 Å². The highest BCUT2D eigenvalue weighted by atomic mass is 16.5. The van der Waals surface area contributed by atoms with E-state index >= 15 is 0 Å². The second-order valence-electron chi connectivity index (χ2n) is 6.83. The van der Waals surface area contributed by atoms with Gasteiger partial charge >= 0.3 is 5.97 Å². The highest BCUT2D eigenvalue weighted by Crippen LogP contribution is 2.26. The lowest BCUT2D eigenvalue weighted by Gasteiger charge is -2.43. The molecule has 6 heteroatoms. The molecule has 3 rings (SSSR count). The third kappa shape index (κ3) is 3.85. The SMILES string of the molecule is COC(=O)c1ccc(N2CCN(C(C)c3cnc(C)cn3)C(C)C2)cc1. The summed E-state index contributed by atoms with van der Waals surface area (Å²) in [6.45, 7) is 9.21. The Kier molecular flexibility index (Phi) is 5.52. The molecule has 1 fully saturated rings. The Labute approximate surface area is 154 Å². The minimum absolute atomic E-state index is 0.238. The van der Waals surface area contributed by atoms with E-state index in [1.807, 2.05) is 43.6 Å². The number of esters is 1. The number of nitrogens with zero attached hydrogens (tertiary/aromatic N) is 4. The van der Waals surface area contributed by atoms with E-state index in [1.165, 1.54) is 7.11 Å². The molecular weight excluding hydrogens is 328 g/mol. The normalized spacial score (nSPS) is 19.2. The summed E-state index contributed by atoms with van der Waals surface area (Å²) in [6, 6.07) is 8.25. The zero-order valence-electron chi connectivity index (χ0n) is 15.8. The number of hydrogen-bond acceptors (Lipinski definition) is 6. The first kappa shape index (κ1) is 18.3. The number of anilines is 1. The Balaban J connectivity index is 1.66. The first-order chi connectivity index (χ1) is 12.5. The van der Waals surface area contributed by atoms with Crippen molar-refractivity contribution in [1.29, 1.82) is 0 Å². The van der Waals surface area contributed by atoms with Crippen molar-refractivity contribution < 1.29 is 9.53 Å². The smallest absolute Gasteiger partial charge is 0.337 e. The molecule has 1 saturated heterocycles. The molecule has 0 amide bonds. The number of piperazine rings is 1. The first-order valence-electron chi connectivity index (χ1n) is 8.97. The zero-order chi connectivity index (χ0) is 18.7. The van der Waals surface area contributed by atoms with Gasteiger partial charge in [-0.3, -0.25) is 14.9 Å². The predicted molar refractivity (Wildman–Crippen MR) is 101 cm³/mol. The van der Waals surface area contributed by atoms with Gasteiger partial charge in [0.1, 0.15) is 0 Å². The molecule has 138 valence electrons. The molecule has 1 aromatic carbocycles. The topological polar surface area (TPSA) is 58.6 Å². The molecule has 2 aromatic rings. The van der Waals surface area contributed by atoms with Gasteiger partial charge in [0.05, 0.1) is 36.3 Å². The van der Waals surface area contributed by atoms with Gasteiger partial charge in [0.25, 0.3) is 0 Å². The average Bonchev–Trinajstić information content (AvgIpc) is 2.67. The first-order valence-corrected chi connectivity index (χ1v) is 8.97. The summed E-state index contributed by atoms with van der Waals surface area (Å²) in [6.07, 6.45) is 3.71. The van der Waals surface area contributed by atoms with Crippen LogP contribution in [0.4, 0.5) is 5.69 Å². The van der Waals surface area contributed by atoms with E-state index < -0.39 is 0 Å². The van der Waals surface area contributed by atoms with E-state index in [0.29, 0.717) is 11.6 Å². The summed E-state index contributed by atoms with van der Waals surface area (Å²) in [5.41, 5.74) is 3.66. The van der Waals surface area contributed by atoms with Crippen LogP contribution in [0.15, 0.2) is 36.7 Å². The van der Waals surface area contributed by atoms with Crippen molar-refractivity contribution in [3.63, 3.8) is 0 Å². The van der Waals surface area contributed by atoms with Gasteiger partial charge in [-0.15, -0.1) is 0 Å². The quantitative estimate of drug-likeness (QED) is 0.787. The zero-order valence-corrected chi connectivity index (χ0v) is 15.8. The van der Waals surface area contributed by atoms with Crippen molar-refractivity contribution in [1.82, 2.24) is 14.9 Å². The Morgan fingerprint density at radius 3 is 2.50 bits per heavy atom. The summed E-state index contributed by atoms with van der Waals surface area (Å²) in [5, 5.41) is 0. The van der Waals surface area contributed by atoms with Crippen molar-refractivity contribution in [2.75, 3.05) is 31.6 Å². The minimum Gasteiger partial charge on any atom is -0.465 e. The lowest BCUT2D eigenvalue weighted by Crippen LogP contribution is -2.52. The van der Waals surface area contributed by atoms with Crippen LogP contribution >= 0.6 is 0 Å². The predicted octanol–water partition coefficient (Wildman–Crippen LogP) is 2.84. The molecule has 6 nitrogen and oxygen atoms in total. The molecule has 0 spiro atoms. The molecule has 2 unspecified atom stereocenters. The molecule has 1 aliphatic heterocycles. The van der Waals surface area contributed by atoms with Crippen LogP contribution in [0.5, 0.6) is 0 Å². The molecule has 1 aliphatic rings. The Hall–Kier alpha value is -2.47. The van der Waals surface area contributed by atoms with Crippen molar-refractivity contribution in [3.8, 4) is 0 Å². The Morgan fingerprint density at radius 2 is 1.92 bits per heavy atom. The minimum atomic E-state index is -0.303. The maximum atomic E-state index is 11.6. The van der Waals surface area contributed by atoms with Crippen LogP contribution in [0.1, 0.15) is 41.6 Å². The number of methoxy groups -OCH3 is 1. The van der Waals surface area contributed by atoms with Gasteiger partial charge in [0.15, 0.2) is 0 Å². The standard InChI is InChI=1S/C20H26N4O2/c1-14-11-22-19(12-21-14)16(3)24-10-9-23(13-15(24)2)18-7-5-17(6-8-18)20(25)26-4/h5-8,11-12,15-16H,9-10,13H2,1-4H3. The van der Waals surface area contributed by atoms with E-state index in [4.69, 9.17) is 4.74 Å². The van der Waals surface area contributed by atoms with Crippen LogP contribution in [0, 0.1) is 6.92 Å². The van der Waals surface area contributed by atoms with E-state index in [0.717, 1.165) is 36.7 Å². The lowest BCUT2D eigenvalue weighted by atomic mass is 10.1. The molecule has 0 N–H and O–H groups in total. The maximum absolute atomic E-state index is 11.6.